The minimum absolute atomic E-state index is 0.135. The van der Waals surface area contributed by atoms with Gasteiger partial charge in [-0.1, -0.05) is 6.92 Å². The number of aromatic nitrogens is 2. The summed E-state index contributed by atoms with van der Waals surface area (Å²) in [6.07, 6.45) is 4.22. The summed E-state index contributed by atoms with van der Waals surface area (Å²) >= 11 is 0. The molecule has 20 heavy (non-hydrogen) atoms. The first-order valence-corrected chi connectivity index (χ1v) is 7.62. The van der Waals surface area contributed by atoms with Crippen molar-refractivity contribution in [2.45, 2.75) is 39.7 Å². The Kier molecular flexibility index (Phi) is 5.59. The van der Waals surface area contributed by atoms with Crippen LogP contribution in [0.2, 0.25) is 0 Å². The number of nitrogens with zero attached hydrogens (tertiary/aromatic N) is 3. The van der Waals surface area contributed by atoms with Gasteiger partial charge < -0.3 is 15.0 Å². The van der Waals surface area contributed by atoms with Gasteiger partial charge in [0.15, 0.2) is 0 Å². The van der Waals surface area contributed by atoms with Crippen molar-refractivity contribution in [1.82, 2.24) is 14.9 Å². The standard InChI is InChI=1S/C15H26N4O/c1-4-19-7-5-13(6-8-19)10-16-14-9-15(18-11-17-14)20-12(2)3/h9,11-13H,4-8,10H2,1-3H3,(H,16,17,18). The molecule has 0 spiro atoms. The number of piperidine rings is 1. The van der Waals surface area contributed by atoms with E-state index >= 15 is 0 Å². The molecule has 0 amide bonds. The Bertz CT molecular complexity index is 403. The van der Waals surface area contributed by atoms with Crippen LogP contribution in [0.4, 0.5) is 5.82 Å². The zero-order valence-corrected chi connectivity index (χ0v) is 12.8. The first-order valence-electron chi connectivity index (χ1n) is 7.62. The third kappa shape index (κ3) is 4.63. The summed E-state index contributed by atoms with van der Waals surface area (Å²) in [4.78, 5) is 10.9. The Hall–Kier alpha value is -1.36. The summed E-state index contributed by atoms with van der Waals surface area (Å²) < 4.78 is 5.58. The molecule has 1 aromatic rings. The highest BCUT2D eigenvalue weighted by Gasteiger charge is 2.17. The lowest BCUT2D eigenvalue weighted by atomic mass is 9.97. The molecule has 5 nitrogen and oxygen atoms in total. The largest absolute Gasteiger partial charge is 0.475 e. The van der Waals surface area contributed by atoms with Crippen LogP contribution in [0, 0.1) is 5.92 Å². The third-order valence-electron chi connectivity index (χ3n) is 3.72. The molecule has 1 N–H and O–H groups in total. The predicted molar refractivity (Wildman–Crippen MR) is 81.1 cm³/mol. The number of hydrogen-bond donors (Lipinski definition) is 1. The van der Waals surface area contributed by atoms with E-state index in [9.17, 15) is 0 Å². The van der Waals surface area contributed by atoms with Gasteiger partial charge in [0, 0.05) is 12.6 Å². The zero-order chi connectivity index (χ0) is 14.4. The van der Waals surface area contributed by atoms with Gasteiger partial charge in [-0.3, -0.25) is 0 Å². The molecular weight excluding hydrogens is 252 g/mol. The van der Waals surface area contributed by atoms with E-state index in [2.05, 4.69) is 27.1 Å². The maximum atomic E-state index is 5.58. The summed E-state index contributed by atoms with van der Waals surface area (Å²) in [6, 6.07) is 1.88. The molecule has 0 bridgehead atoms. The number of ether oxygens (including phenoxy) is 1. The van der Waals surface area contributed by atoms with E-state index in [1.165, 1.54) is 32.5 Å². The van der Waals surface area contributed by atoms with E-state index in [0.717, 1.165) is 18.3 Å². The Morgan fingerprint density at radius 1 is 1.35 bits per heavy atom. The fourth-order valence-electron chi connectivity index (χ4n) is 2.50. The molecule has 112 valence electrons. The lowest BCUT2D eigenvalue weighted by molar-refractivity contribution is 0.198. The van der Waals surface area contributed by atoms with Gasteiger partial charge in [0.1, 0.15) is 12.1 Å². The second kappa shape index (κ2) is 7.43. The van der Waals surface area contributed by atoms with Crippen LogP contribution in [0.25, 0.3) is 0 Å². The van der Waals surface area contributed by atoms with E-state index in [1.807, 2.05) is 19.9 Å². The van der Waals surface area contributed by atoms with Gasteiger partial charge in [0.2, 0.25) is 5.88 Å². The number of rotatable bonds is 6. The summed E-state index contributed by atoms with van der Waals surface area (Å²) in [7, 11) is 0. The molecule has 1 saturated heterocycles. The topological polar surface area (TPSA) is 50.3 Å². The second-order valence-electron chi connectivity index (χ2n) is 5.67. The lowest BCUT2D eigenvalue weighted by Gasteiger charge is -2.31. The Morgan fingerprint density at radius 2 is 2.10 bits per heavy atom. The highest BCUT2D eigenvalue weighted by atomic mass is 16.5. The smallest absolute Gasteiger partial charge is 0.218 e. The molecule has 2 heterocycles. The molecule has 1 aliphatic rings. The summed E-state index contributed by atoms with van der Waals surface area (Å²) in [5.41, 5.74) is 0. The van der Waals surface area contributed by atoms with Gasteiger partial charge in [-0.2, -0.15) is 0 Å². The molecule has 0 unspecified atom stereocenters. The molecule has 0 radical (unpaired) electrons. The SMILES string of the molecule is CCN1CCC(CNc2cc(OC(C)C)ncn2)CC1. The van der Waals surface area contributed by atoms with E-state index in [0.29, 0.717) is 5.88 Å². The van der Waals surface area contributed by atoms with Crippen LogP contribution >= 0.6 is 0 Å². The molecule has 1 aliphatic heterocycles. The van der Waals surface area contributed by atoms with E-state index < -0.39 is 0 Å². The van der Waals surface area contributed by atoms with Crippen LogP contribution in [0.3, 0.4) is 0 Å². The maximum absolute atomic E-state index is 5.58. The van der Waals surface area contributed by atoms with Crippen molar-refractivity contribution in [3.8, 4) is 5.88 Å². The van der Waals surface area contributed by atoms with Crippen molar-refractivity contribution in [1.29, 1.82) is 0 Å². The van der Waals surface area contributed by atoms with Crippen molar-refractivity contribution in [2.24, 2.45) is 5.92 Å². The molecule has 0 aliphatic carbocycles. The molecule has 5 heteroatoms. The molecule has 0 aromatic carbocycles. The zero-order valence-electron chi connectivity index (χ0n) is 12.8. The van der Waals surface area contributed by atoms with Gasteiger partial charge in [0.05, 0.1) is 6.10 Å². The first-order chi connectivity index (χ1) is 9.67. The minimum Gasteiger partial charge on any atom is -0.475 e. The van der Waals surface area contributed by atoms with Crippen LogP contribution < -0.4 is 10.1 Å². The first kappa shape index (κ1) is 15.0. The second-order valence-corrected chi connectivity index (χ2v) is 5.67. The number of likely N-dealkylation sites (tertiary alicyclic amines) is 1. The van der Waals surface area contributed by atoms with Gasteiger partial charge in [-0.25, -0.2) is 9.97 Å². The van der Waals surface area contributed by atoms with Crippen LogP contribution in [0.15, 0.2) is 12.4 Å². The van der Waals surface area contributed by atoms with Gasteiger partial charge in [0.25, 0.3) is 0 Å². The van der Waals surface area contributed by atoms with E-state index in [4.69, 9.17) is 4.74 Å². The lowest BCUT2D eigenvalue weighted by Crippen LogP contribution is -2.35. The monoisotopic (exact) mass is 278 g/mol. The predicted octanol–water partition coefficient (Wildman–Crippen LogP) is 2.41. The van der Waals surface area contributed by atoms with E-state index in [1.54, 1.807) is 6.33 Å². The molecule has 0 saturated carbocycles. The van der Waals surface area contributed by atoms with Gasteiger partial charge in [-0.15, -0.1) is 0 Å². The highest BCUT2D eigenvalue weighted by molar-refractivity contribution is 5.37. The molecule has 1 fully saturated rings. The average molecular weight is 278 g/mol. The fraction of sp³-hybridized carbons (Fsp3) is 0.733. The van der Waals surface area contributed by atoms with Crippen LogP contribution in [-0.4, -0.2) is 47.2 Å². The maximum Gasteiger partial charge on any atom is 0.218 e. The van der Waals surface area contributed by atoms with Crippen LogP contribution in [-0.2, 0) is 0 Å². The fourth-order valence-corrected chi connectivity index (χ4v) is 2.50. The molecule has 2 rings (SSSR count). The summed E-state index contributed by atoms with van der Waals surface area (Å²) in [5.74, 6) is 2.23. The van der Waals surface area contributed by atoms with Crippen molar-refractivity contribution in [3.05, 3.63) is 12.4 Å². The summed E-state index contributed by atoms with van der Waals surface area (Å²) in [6.45, 7) is 10.8. The van der Waals surface area contributed by atoms with Crippen molar-refractivity contribution in [3.63, 3.8) is 0 Å². The number of nitrogens with one attached hydrogen (secondary N) is 1. The number of hydrogen-bond acceptors (Lipinski definition) is 5. The van der Waals surface area contributed by atoms with E-state index in [-0.39, 0.29) is 6.10 Å². The minimum atomic E-state index is 0.135. The molecule has 0 atom stereocenters. The Morgan fingerprint density at radius 3 is 2.75 bits per heavy atom. The van der Waals surface area contributed by atoms with Crippen LogP contribution in [0.1, 0.15) is 33.6 Å². The van der Waals surface area contributed by atoms with Gasteiger partial charge in [-0.05, 0) is 52.2 Å². The number of anilines is 1. The van der Waals surface area contributed by atoms with Crippen LogP contribution in [0.5, 0.6) is 5.88 Å². The van der Waals surface area contributed by atoms with Crippen molar-refractivity contribution < 1.29 is 4.74 Å². The quantitative estimate of drug-likeness (QED) is 0.866. The van der Waals surface area contributed by atoms with Crippen molar-refractivity contribution in [2.75, 3.05) is 31.5 Å². The molecular formula is C15H26N4O. The van der Waals surface area contributed by atoms with Gasteiger partial charge >= 0.3 is 0 Å². The molecule has 1 aromatic heterocycles. The van der Waals surface area contributed by atoms with Crippen molar-refractivity contribution >= 4 is 5.82 Å². The Labute approximate surface area is 121 Å². The normalized spacial score (nSPS) is 17.4. The highest BCUT2D eigenvalue weighted by Crippen LogP contribution is 2.18. The average Bonchev–Trinajstić information content (AvgIpc) is 2.45. The summed E-state index contributed by atoms with van der Waals surface area (Å²) in [5, 5.41) is 3.41. The Balaban J connectivity index is 1.79. The third-order valence-corrected chi connectivity index (χ3v) is 3.72.